The number of carbonyl (C=O) groups excluding carboxylic acids is 4. The van der Waals surface area contributed by atoms with Gasteiger partial charge < -0.3 is 23.8 Å². The summed E-state index contributed by atoms with van der Waals surface area (Å²) in [7, 11) is 0. The highest BCUT2D eigenvalue weighted by Crippen LogP contribution is 2.33. The van der Waals surface area contributed by atoms with Gasteiger partial charge in [0.1, 0.15) is 18.8 Å². The summed E-state index contributed by atoms with van der Waals surface area (Å²) < 4.78 is 20.9. The van der Waals surface area contributed by atoms with E-state index in [-0.39, 0.29) is 25.7 Å². The predicted molar refractivity (Wildman–Crippen MR) is 120 cm³/mol. The monoisotopic (exact) mass is 518 g/mol. The molecule has 3 aliphatic rings. The molecule has 3 rings (SSSR count). The van der Waals surface area contributed by atoms with Crippen molar-refractivity contribution in [3.63, 3.8) is 0 Å². The Bertz CT molecular complexity index is 863. The first-order valence-corrected chi connectivity index (χ1v) is 11.8. The summed E-state index contributed by atoms with van der Waals surface area (Å²) in [5, 5.41) is 0.565. The zero-order valence-electron chi connectivity index (χ0n) is 18.9. The lowest BCUT2D eigenvalue weighted by molar-refractivity contribution is -0.262. The lowest BCUT2D eigenvalue weighted by Crippen LogP contribution is -2.61. The molecule has 2 unspecified atom stereocenters. The first-order valence-electron chi connectivity index (χ1n) is 11.0. The minimum atomic E-state index is -2.47. The third-order valence-electron chi connectivity index (χ3n) is 5.69. The number of carbonyl (C=O) groups is 4. The average Bonchev–Trinajstić information content (AvgIpc) is 3.35. The molecular formula is C21H27ClN2O9S. The van der Waals surface area contributed by atoms with Crippen LogP contribution in [0, 0.1) is 0 Å². The molecule has 2 saturated heterocycles. The van der Waals surface area contributed by atoms with Gasteiger partial charge in [-0.05, 0) is 32.6 Å². The number of ketones is 1. The largest absolute Gasteiger partial charge is 0.511 e. The Morgan fingerprint density at radius 1 is 1.26 bits per heavy atom. The van der Waals surface area contributed by atoms with E-state index in [0.29, 0.717) is 10.1 Å². The van der Waals surface area contributed by atoms with E-state index in [1.54, 1.807) is 6.92 Å². The van der Waals surface area contributed by atoms with Gasteiger partial charge in [-0.1, -0.05) is 30.2 Å². The topological polar surface area (TPSA) is 121 Å². The number of thiocarbonyl (C=S) groups is 1. The standard InChI is InChI=1S/C21H27ClN2O9S/c1-13(34)23(10-9-22)16-12-30-24(18(16)26)21(17(25)8-11-29-21)19(27)31-14(2)32-20(28)33-15-6-4-3-5-7-15/h9-10,14-16H,3-8,11-12H2,1-2H3/t14?,16-,21?/m0/s1. The van der Waals surface area contributed by atoms with Crippen molar-refractivity contribution in [2.75, 3.05) is 13.2 Å². The number of hydrogen-bond donors (Lipinski definition) is 0. The number of hydroxylamine groups is 2. The second kappa shape index (κ2) is 11.4. The van der Waals surface area contributed by atoms with Crippen molar-refractivity contribution >= 4 is 52.6 Å². The van der Waals surface area contributed by atoms with Gasteiger partial charge in [0, 0.05) is 25.1 Å². The Balaban J connectivity index is 1.69. The van der Waals surface area contributed by atoms with E-state index in [9.17, 15) is 19.2 Å². The third-order valence-corrected chi connectivity index (χ3v) is 6.02. The average molecular weight is 519 g/mol. The summed E-state index contributed by atoms with van der Waals surface area (Å²) in [4.78, 5) is 58.1. The van der Waals surface area contributed by atoms with E-state index in [0.717, 1.165) is 32.1 Å². The Kier molecular flexibility index (Phi) is 8.85. The minimum absolute atomic E-state index is 0.137. The Morgan fingerprint density at radius 2 is 1.97 bits per heavy atom. The molecule has 1 aliphatic carbocycles. The van der Waals surface area contributed by atoms with Gasteiger partial charge in [0.25, 0.3) is 5.91 Å². The number of nitrogens with zero attached hydrogens (tertiary/aromatic N) is 2. The number of esters is 1. The summed E-state index contributed by atoms with van der Waals surface area (Å²) in [6.45, 7) is 2.50. The van der Waals surface area contributed by atoms with Gasteiger partial charge in [-0.25, -0.2) is 9.59 Å². The van der Waals surface area contributed by atoms with E-state index in [1.807, 2.05) is 0 Å². The second-order valence-corrected chi connectivity index (χ2v) is 8.87. The van der Waals surface area contributed by atoms with E-state index >= 15 is 0 Å². The van der Waals surface area contributed by atoms with Crippen LogP contribution in [-0.4, -0.2) is 76.1 Å². The van der Waals surface area contributed by atoms with Crippen molar-refractivity contribution in [1.29, 1.82) is 0 Å². The molecule has 0 spiro atoms. The Labute approximate surface area is 207 Å². The first-order chi connectivity index (χ1) is 16.2. The smallest absolute Gasteiger partial charge is 0.431 e. The molecule has 0 aromatic rings. The van der Waals surface area contributed by atoms with Crippen LogP contribution < -0.4 is 0 Å². The van der Waals surface area contributed by atoms with Crippen LogP contribution in [0.2, 0.25) is 0 Å². The van der Waals surface area contributed by atoms with E-state index in [1.165, 1.54) is 23.6 Å². The molecule has 0 aromatic heterocycles. The lowest BCUT2D eigenvalue weighted by Gasteiger charge is -2.33. The molecule has 2 aliphatic heterocycles. The summed E-state index contributed by atoms with van der Waals surface area (Å²) in [6, 6.07) is -0.978. The number of hydrogen-bond acceptors (Lipinski definition) is 10. The van der Waals surface area contributed by atoms with E-state index in [4.69, 9.17) is 47.6 Å². The maximum atomic E-state index is 13.1. The number of amides is 1. The zero-order chi connectivity index (χ0) is 24.9. The molecule has 3 atom stereocenters. The molecule has 0 radical (unpaired) electrons. The number of Topliss-reactive ketones (excluding diaryl/α,β-unsaturated/α-hetero) is 1. The lowest BCUT2D eigenvalue weighted by atomic mass is 9.98. The van der Waals surface area contributed by atoms with Gasteiger partial charge in [-0.15, -0.1) is 0 Å². The molecule has 13 heteroatoms. The quantitative estimate of drug-likeness (QED) is 0.214. The van der Waals surface area contributed by atoms with Gasteiger partial charge in [0.05, 0.1) is 11.6 Å². The van der Waals surface area contributed by atoms with Crippen molar-refractivity contribution in [3.05, 3.63) is 11.7 Å². The zero-order valence-corrected chi connectivity index (χ0v) is 20.5. The fourth-order valence-corrected chi connectivity index (χ4v) is 4.37. The highest BCUT2D eigenvalue weighted by Gasteiger charge is 2.63. The van der Waals surface area contributed by atoms with Crippen molar-refractivity contribution in [3.8, 4) is 0 Å². The normalized spacial score (nSPS) is 26.6. The van der Waals surface area contributed by atoms with Crippen LogP contribution in [0.1, 0.15) is 52.4 Å². The number of ether oxygens (including phenoxy) is 4. The highest BCUT2D eigenvalue weighted by molar-refractivity contribution is 7.80. The van der Waals surface area contributed by atoms with E-state index in [2.05, 4.69) is 0 Å². The van der Waals surface area contributed by atoms with Gasteiger partial charge in [0.15, 0.2) is 0 Å². The predicted octanol–water partition coefficient (Wildman–Crippen LogP) is 2.55. The molecule has 0 aromatic carbocycles. The number of halogens is 1. The van der Waals surface area contributed by atoms with Crippen LogP contribution in [0.25, 0.3) is 0 Å². The molecule has 0 bridgehead atoms. The van der Waals surface area contributed by atoms with Crippen molar-refractivity contribution in [2.24, 2.45) is 0 Å². The van der Waals surface area contributed by atoms with Crippen LogP contribution >= 0.6 is 23.8 Å². The second-order valence-electron chi connectivity index (χ2n) is 8.03. The molecule has 0 N–H and O–H groups in total. The first kappa shape index (κ1) is 26.3. The van der Waals surface area contributed by atoms with Gasteiger partial charge >= 0.3 is 17.8 Å². The molecule has 1 amide bonds. The molecular weight excluding hydrogens is 492 g/mol. The summed E-state index contributed by atoms with van der Waals surface area (Å²) in [5.41, 5.74) is -1.30. The molecule has 34 heavy (non-hydrogen) atoms. The summed E-state index contributed by atoms with van der Waals surface area (Å²) in [6.07, 6.45) is 3.03. The van der Waals surface area contributed by atoms with Crippen molar-refractivity contribution < 1.29 is 43.0 Å². The van der Waals surface area contributed by atoms with Gasteiger partial charge in [-0.2, -0.15) is 5.06 Å². The molecule has 1 saturated carbocycles. The van der Waals surface area contributed by atoms with Crippen LogP contribution in [0.15, 0.2) is 11.7 Å². The molecule has 3 fully saturated rings. The van der Waals surface area contributed by atoms with Crippen LogP contribution in [0.4, 0.5) is 4.79 Å². The van der Waals surface area contributed by atoms with Crippen LogP contribution in [0.3, 0.4) is 0 Å². The maximum Gasteiger partial charge on any atom is 0.511 e. The van der Waals surface area contributed by atoms with E-state index < -0.39 is 41.9 Å². The van der Waals surface area contributed by atoms with Crippen molar-refractivity contribution in [2.45, 2.75) is 76.5 Å². The Morgan fingerprint density at radius 3 is 2.56 bits per heavy atom. The molecule has 188 valence electrons. The molecule has 11 nitrogen and oxygen atoms in total. The van der Waals surface area contributed by atoms with Gasteiger partial charge in [0.2, 0.25) is 12.1 Å². The van der Waals surface area contributed by atoms with Crippen LogP contribution in [0.5, 0.6) is 0 Å². The summed E-state index contributed by atoms with van der Waals surface area (Å²) in [5.74, 6) is -2.74. The van der Waals surface area contributed by atoms with Gasteiger partial charge in [-0.3, -0.25) is 14.4 Å². The fraction of sp³-hybridized carbons (Fsp3) is 0.667. The van der Waals surface area contributed by atoms with Crippen LogP contribution in [-0.2, 0) is 38.2 Å². The SMILES string of the molecule is CC(=S)N(C=CCl)[C@H]1CON(C2(C(=O)OC(C)OC(=O)OC3CCCCC3)OCCC2=O)C1=O. The molecule has 2 heterocycles. The van der Waals surface area contributed by atoms with Crippen molar-refractivity contribution in [1.82, 2.24) is 9.96 Å². The fourth-order valence-electron chi connectivity index (χ4n) is 4.06. The number of rotatable bonds is 7. The third kappa shape index (κ3) is 5.51. The Hall–Kier alpha value is -2.28. The minimum Gasteiger partial charge on any atom is -0.431 e. The highest BCUT2D eigenvalue weighted by atomic mass is 35.5. The maximum absolute atomic E-state index is 13.1. The summed E-state index contributed by atoms with van der Waals surface area (Å²) >= 11 is 10.8.